The maximum Gasteiger partial charge on any atom is 0.227 e. The summed E-state index contributed by atoms with van der Waals surface area (Å²) in [6.07, 6.45) is 8.75. The Hall–Kier alpha value is -0.570. The van der Waals surface area contributed by atoms with Crippen molar-refractivity contribution in [3.63, 3.8) is 0 Å². The van der Waals surface area contributed by atoms with Gasteiger partial charge in [-0.1, -0.05) is 19.3 Å². The quantitative estimate of drug-likeness (QED) is 0.810. The van der Waals surface area contributed by atoms with Gasteiger partial charge in [0.25, 0.3) is 0 Å². The van der Waals surface area contributed by atoms with Gasteiger partial charge in [0, 0.05) is 12.6 Å². The van der Waals surface area contributed by atoms with E-state index in [-0.39, 0.29) is 11.3 Å². The first-order chi connectivity index (χ1) is 8.62. The number of hydrogen-bond acceptors (Lipinski definition) is 2. The number of piperidine rings is 1. The highest BCUT2D eigenvalue weighted by atomic mass is 16.2. The highest BCUT2D eigenvalue weighted by molar-refractivity contribution is 5.82. The van der Waals surface area contributed by atoms with Gasteiger partial charge in [-0.15, -0.1) is 0 Å². The van der Waals surface area contributed by atoms with Crippen molar-refractivity contribution in [1.29, 1.82) is 0 Å². The molecule has 0 aromatic rings. The molecule has 2 rings (SSSR count). The molecule has 3 heteroatoms. The molecule has 104 valence electrons. The zero-order valence-corrected chi connectivity index (χ0v) is 11.9. The standard InChI is InChI=1S/C15H28N2O/c1-12(13-7-4-3-5-8-13)17-14(18)15(2)9-6-10-16-11-15/h12-13,16H,3-11H2,1-2H3,(H,17,18). The molecule has 1 aliphatic heterocycles. The number of carbonyl (C=O) groups is 1. The third kappa shape index (κ3) is 3.25. The Balaban J connectivity index is 1.85. The zero-order chi connectivity index (χ0) is 13.0. The van der Waals surface area contributed by atoms with Crippen LogP contribution in [0.15, 0.2) is 0 Å². The third-order valence-corrected chi connectivity index (χ3v) is 4.86. The largest absolute Gasteiger partial charge is 0.353 e. The summed E-state index contributed by atoms with van der Waals surface area (Å²) in [5.41, 5.74) is -0.193. The van der Waals surface area contributed by atoms with E-state index in [1.54, 1.807) is 0 Å². The molecule has 0 bridgehead atoms. The average Bonchev–Trinajstić information content (AvgIpc) is 2.40. The third-order valence-electron chi connectivity index (χ3n) is 4.86. The first kappa shape index (κ1) is 13.9. The van der Waals surface area contributed by atoms with Crippen LogP contribution in [0.1, 0.15) is 58.8 Å². The van der Waals surface area contributed by atoms with Crippen molar-refractivity contribution >= 4 is 5.91 Å². The van der Waals surface area contributed by atoms with Crippen molar-refractivity contribution < 1.29 is 4.79 Å². The highest BCUT2D eigenvalue weighted by Gasteiger charge is 2.36. The normalized spacial score (nSPS) is 31.9. The summed E-state index contributed by atoms with van der Waals surface area (Å²) in [5.74, 6) is 0.954. The molecule has 18 heavy (non-hydrogen) atoms. The summed E-state index contributed by atoms with van der Waals surface area (Å²) in [6, 6.07) is 0.344. The molecule has 0 spiro atoms. The summed E-state index contributed by atoms with van der Waals surface area (Å²) in [5, 5.41) is 6.63. The predicted molar refractivity (Wildman–Crippen MR) is 74.4 cm³/mol. The van der Waals surface area contributed by atoms with Gasteiger partial charge in [0.1, 0.15) is 0 Å². The molecular weight excluding hydrogens is 224 g/mol. The zero-order valence-electron chi connectivity index (χ0n) is 11.9. The molecule has 1 amide bonds. The fourth-order valence-corrected chi connectivity index (χ4v) is 3.38. The van der Waals surface area contributed by atoms with Gasteiger partial charge in [-0.05, 0) is 52.0 Å². The van der Waals surface area contributed by atoms with E-state index in [1.165, 1.54) is 32.1 Å². The molecule has 2 unspecified atom stereocenters. The summed E-state index contributed by atoms with van der Waals surface area (Å²) >= 11 is 0. The van der Waals surface area contributed by atoms with Gasteiger partial charge >= 0.3 is 0 Å². The van der Waals surface area contributed by atoms with E-state index in [9.17, 15) is 4.79 Å². The summed E-state index contributed by atoms with van der Waals surface area (Å²) in [4.78, 5) is 12.4. The van der Waals surface area contributed by atoms with Gasteiger partial charge in [0.2, 0.25) is 5.91 Å². The van der Waals surface area contributed by atoms with Crippen LogP contribution in [0.5, 0.6) is 0 Å². The Kier molecular flexibility index (Phi) is 4.66. The number of rotatable bonds is 3. The second-order valence-corrected chi connectivity index (χ2v) is 6.50. The number of nitrogens with one attached hydrogen (secondary N) is 2. The lowest BCUT2D eigenvalue weighted by Crippen LogP contribution is -2.52. The average molecular weight is 252 g/mol. The molecule has 2 aliphatic rings. The lowest BCUT2D eigenvalue weighted by molar-refractivity contribution is -0.132. The molecule has 0 aromatic heterocycles. The van der Waals surface area contributed by atoms with Crippen molar-refractivity contribution in [2.75, 3.05) is 13.1 Å². The van der Waals surface area contributed by atoms with E-state index in [0.29, 0.717) is 12.0 Å². The van der Waals surface area contributed by atoms with Crippen LogP contribution in [-0.4, -0.2) is 25.0 Å². The van der Waals surface area contributed by atoms with Crippen LogP contribution in [0.2, 0.25) is 0 Å². The second-order valence-electron chi connectivity index (χ2n) is 6.50. The maximum absolute atomic E-state index is 12.4. The van der Waals surface area contributed by atoms with Crippen LogP contribution in [0.25, 0.3) is 0 Å². The van der Waals surface area contributed by atoms with Crippen molar-refractivity contribution in [2.24, 2.45) is 11.3 Å². The fraction of sp³-hybridized carbons (Fsp3) is 0.933. The lowest BCUT2D eigenvalue weighted by Gasteiger charge is -2.36. The number of carbonyl (C=O) groups excluding carboxylic acids is 1. The first-order valence-electron chi connectivity index (χ1n) is 7.63. The molecule has 3 nitrogen and oxygen atoms in total. The molecule has 2 atom stereocenters. The van der Waals surface area contributed by atoms with Crippen LogP contribution in [0.3, 0.4) is 0 Å². The van der Waals surface area contributed by atoms with Gasteiger partial charge in [-0.25, -0.2) is 0 Å². The van der Waals surface area contributed by atoms with E-state index in [0.717, 1.165) is 25.9 Å². The van der Waals surface area contributed by atoms with Crippen LogP contribution >= 0.6 is 0 Å². The van der Waals surface area contributed by atoms with Crippen molar-refractivity contribution in [3.8, 4) is 0 Å². The molecule has 0 aromatic carbocycles. The van der Waals surface area contributed by atoms with Crippen molar-refractivity contribution in [3.05, 3.63) is 0 Å². The first-order valence-corrected chi connectivity index (χ1v) is 7.63. The van der Waals surface area contributed by atoms with Gasteiger partial charge in [-0.2, -0.15) is 0 Å². The Bertz CT molecular complexity index is 278. The maximum atomic E-state index is 12.4. The van der Waals surface area contributed by atoms with E-state index < -0.39 is 0 Å². The molecule has 1 saturated heterocycles. The Morgan fingerprint density at radius 1 is 1.28 bits per heavy atom. The van der Waals surface area contributed by atoms with E-state index in [2.05, 4.69) is 24.5 Å². The van der Waals surface area contributed by atoms with E-state index >= 15 is 0 Å². The molecule has 2 N–H and O–H groups in total. The SMILES string of the molecule is CC(NC(=O)C1(C)CCCNC1)C1CCCCC1. The van der Waals surface area contributed by atoms with Crippen LogP contribution in [0.4, 0.5) is 0 Å². The smallest absolute Gasteiger partial charge is 0.227 e. The Labute approximate surface area is 111 Å². The fourth-order valence-electron chi connectivity index (χ4n) is 3.38. The minimum atomic E-state index is -0.193. The summed E-state index contributed by atoms with van der Waals surface area (Å²) in [6.45, 7) is 6.17. The number of amides is 1. The molecule has 1 saturated carbocycles. The second kappa shape index (κ2) is 6.05. The van der Waals surface area contributed by atoms with Crippen LogP contribution in [0, 0.1) is 11.3 Å². The van der Waals surface area contributed by atoms with Crippen molar-refractivity contribution in [2.45, 2.75) is 64.8 Å². The highest BCUT2D eigenvalue weighted by Crippen LogP contribution is 2.29. The number of hydrogen-bond donors (Lipinski definition) is 2. The topological polar surface area (TPSA) is 41.1 Å². The van der Waals surface area contributed by atoms with Gasteiger partial charge in [-0.3, -0.25) is 4.79 Å². The minimum Gasteiger partial charge on any atom is -0.353 e. The predicted octanol–water partition coefficient (Wildman–Crippen LogP) is 2.46. The Morgan fingerprint density at radius 2 is 2.00 bits per heavy atom. The van der Waals surface area contributed by atoms with Crippen LogP contribution < -0.4 is 10.6 Å². The summed E-state index contributed by atoms with van der Waals surface area (Å²) in [7, 11) is 0. The van der Waals surface area contributed by atoms with Gasteiger partial charge in [0.05, 0.1) is 5.41 Å². The van der Waals surface area contributed by atoms with E-state index in [4.69, 9.17) is 0 Å². The van der Waals surface area contributed by atoms with Crippen molar-refractivity contribution in [1.82, 2.24) is 10.6 Å². The molecule has 0 radical (unpaired) electrons. The van der Waals surface area contributed by atoms with Gasteiger partial charge < -0.3 is 10.6 Å². The minimum absolute atomic E-state index is 0.193. The van der Waals surface area contributed by atoms with Gasteiger partial charge in [0.15, 0.2) is 0 Å². The van der Waals surface area contributed by atoms with E-state index in [1.807, 2.05) is 0 Å². The Morgan fingerprint density at radius 3 is 2.61 bits per heavy atom. The van der Waals surface area contributed by atoms with Crippen LogP contribution in [-0.2, 0) is 4.79 Å². The monoisotopic (exact) mass is 252 g/mol. The lowest BCUT2D eigenvalue weighted by atomic mass is 9.80. The molecular formula is C15H28N2O. The summed E-state index contributed by atoms with van der Waals surface area (Å²) < 4.78 is 0. The molecule has 1 heterocycles. The molecule has 1 aliphatic carbocycles. The molecule has 2 fully saturated rings.